The zero-order valence-electron chi connectivity index (χ0n) is 17.4. The molecule has 2 aromatic rings. The molecule has 7 nitrogen and oxygen atoms in total. The number of carbonyl (C=O) groups excluding carboxylic acids is 1. The molecule has 1 aliphatic carbocycles. The standard InChI is InChI=1S/C22H28N2O5/c1-26-18-11-9-14(13-19(18)27-2)15-7-5-6-8-17(15)23-21(25)16-10-12-20(28-3)24-22(16)29-4/h9-13,15,17H,5-8H2,1-4H3,(H,23,25). The first kappa shape index (κ1) is 20.8. The van der Waals surface area contributed by atoms with E-state index in [0.717, 1.165) is 31.2 Å². The van der Waals surface area contributed by atoms with Crippen LogP contribution in [-0.2, 0) is 0 Å². The Morgan fingerprint density at radius 3 is 2.38 bits per heavy atom. The third-order valence-corrected chi connectivity index (χ3v) is 5.40. The van der Waals surface area contributed by atoms with Crippen LogP contribution in [0.15, 0.2) is 30.3 Å². The van der Waals surface area contributed by atoms with Gasteiger partial charge >= 0.3 is 0 Å². The third-order valence-electron chi connectivity index (χ3n) is 5.40. The molecule has 1 heterocycles. The normalized spacial score (nSPS) is 18.6. The van der Waals surface area contributed by atoms with Gasteiger partial charge in [-0.15, -0.1) is 0 Å². The molecular weight excluding hydrogens is 372 g/mol. The fourth-order valence-corrected chi connectivity index (χ4v) is 3.90. The lowest BCUT2D eigenvalue weighted by Gasteiger charge is -2.33. The summed E-state index contributed by atoms with van der Waals surface area (Å²) in [7, 11) is 6.27. The first-order chi connectivity index (χ1) is 14.1. The maximum Gasteiger partial charge on any atom is 0.257 e. The molecule has 29 heavy (non-hydrogen) atoms. The molecule has 156 valence electrons. The number of ether oxygens (including phenoxy) is 4. The van der Waals surface area contributed by atoms with Crippen LogP contribution in [0.4, 0.5) is 0 Å². The highest BCUT2D eigenvalue weighted by Crippen LogP contribution is 2.37. The molecule has 7 heteroatoms. The van der Waals surface area contributed by atoms with Crippen LogP contribution in [0.25, 0.3) is 0 Å². The average Bonchev–Trinajstić information content (AvgIpc) is 2.78. The Kier molecular flexibility index (Phi) is 6.80. The number of nitrogens with zero attached hydrogens (tertiary/aromatic N) is 1. The van der Waals surface area contributed by atoms with Crippen LogP contribution in [-0.4, -0.2) is 45.4 Å². The molecule has 1 amide bonds. The third kappa shape index (κ3) is 4.55. The van der Waals surface area contributed by atoms with Gasteiger partial charge in [0.2, 0.25) is 11.8 Å². The van der Waals surface area contributed by atoms with E-state index in [0.29, 0.717) is 22.9 Å². The summed E-state index contributed by atoms with van der Waals surface area (Å²) in [6.07, 6.45) is 4.11. The first-order valence-electron chi connectivity index (χ1n) is 9.73. The maximum atomic E-state index is 13.0. The van der Waals surface area contributed by atoms with Crippen LogP contribution in [0.2, 0.25) is 0 Å². The van der Waals surface area contributed by atoms with Crippen molar-refractivity contribution in [1.29, 1.82) is 0 Å². The molecule has 1 aromatic carbocycles. The van der Waals surface area contributed by atoms with Crippen molar-refractivity contribution in [2.75, 3.05) is 28.4 Å². The predicted octanol–water partition coefficient (Wildman–Crippen LogP) is 3.57. The summed E-state index contributed by atoms with van der Waals surface area (Å²) in [5, 5.41) is 3.19. The summed E-state index contributed by atoms with van der Waals surface area (Å²) >= 11 is 0. The highest BCUT2D eigenvalue weighted by atomic mass is 16.5. The van der Waals surface area contributed by atoms with Gasteiger partial charge in [-0.25, -0.2) is 0 Å². The number of benzene rings is 1. The lowest BCUT2D eigenvalue weighted by Crippen LogP contribution is -2.41. The summed E-state index contributed by atoms with van der Waals surface area (Å²) < 4.78 is 21.2. The molecule has 1 aromatic heterocycles. The zero-order valence-corrected chi connectivity index (χ0v) is 17.4. The number of pyridine rings is 1. The minimum absolute atomic E-state index is 0.0150. The minimum Gasteiger partial charge on any atom is -0.493 e. The Morgan fingerprint density at radius 1 is 0.931 bits per heavy atom. The number of amides is 1. The number of hydrogen-bond donors (Lipinski definition) is 1. The van der Waals surface area contributed by atoms with Crippen LogP contribution < -0.4 is 24.3 Å². The maximum absolute atomic E-state index is 13.0. The largest absolute Gasteiger partial charge is 0.493 e. The van der Waals surface area contributed by atoms with Crippen molar-refractivity contribution in [1.82, 2.24) is 10.3 Å². The van der Waals surface area contributed by atoms with E-state index >= 15 is 0 Å². The molecule has 1 saturated carbocycles. The predicted molar refractivity (Wildman–Crippen MR) is 109 cm³/mol. The highest BCUT2D eigenvalue weighted by molar-refractivity contribution is 5.96. The molecule has 0 aliphatic heterocycles. The molecule has 0 spiro atoms. The molecule has 1 fully saturated rings. The van der Waals surface area contributed by atoms with Crippen molar-refractivity contribution in [3.8, 4) is 23.3 Å². The molecule has 3 rings (SSSR count). The number of hydrogen-bond acceptors (Lipinski definition) is 6. The van der Waals surface area contributed by atoms with E-state index in [1.807, 2.05) is 18.2 Å². The second-order valence-electron chi connectivity index (χ2n) is 7.00. The Balaban J connectivity index is 1.83. The quantitative estimate of drug-likeness (QED) is 0.765. The van der Waals surface area contributed by atoms with Gasteiger partial charge in [0.1, 0.15) is 5.56 Å². The molecule has 2 unspecified atom stereocenters. The monoisotopic (exact) mass is 400 g/mol. The van der Waals surface area contributed by atoms with Gasteiger partial charge in [0.15, 0.2) is 11.5 Å². The van der Waals surface area contributed by atoms with Crippen molar-refractivity contribution >= 4 is 5.91 Å². The molecule has 1 aliphatic rings. The van der Waals surface area contributed by atoms with Gasteiger partial charge in [0.25, 0.3) is 5.91 Å². The topological polar surface area (TPSA) is 78.9 Å². The van der Waals surface area contributed by atoms with E-state index < -0.39 is 0 Å². The van der Waals surface area contributed by atoms with E-state index in [2.05, 4.69) is 10.3 Å². The summed E-state index contributed by atoms with van der Waals surface area (Å²) in [4.78, 5) is 17.2. The van der Waals surface area contributed by atoms with E-state index in [1.54, 1.807) is 26.4 Å². The molecule has 0 saturated heterocycles. The van der Waals surface area contributed by atoms with Crippen molar-refractivity contribution in [3.05, 3.63) is 41.5 Å². The SMILES string of the molecule is COc1ccc(C(=O)NC2CCCCC2c2ccc(OC)c(OC)c2)c(OC)n1. The Bertz CT molecular complexity index is 855. The second kappa shape index (κ2) is 9.49. The fraction of sp³-hybridized carbons (Fsp3) is 0.455. The second-order valence-corrected chi connectivity index (χ2v) is 7.00. The molecule has 0 bridgehead atoms. The summed E-state index contributed by atoms with van der Waals surface area (Å²) in [5.74, 6) is 2.04. The number of aromatic nitrogens is 1. The smallest absolute Gasteiger partial charge is 0.257 e. The van der Waals surface area contributed by atoms with Gasteiger partial charge in [0, 0.05) is 18.0 Å². The van der Waals surface area contributed by atoms with E-state index in [9.17, 15) is 4.79 Å². The molecule has 1 N–H and O–H groups in total. The first-order valence-corrected chi connectivity index (χ1v) is 9.73. The molecular formula is C22H28N2O5. The Labute approximate surface area is 171 Å². The molecule has 2 atom stereocenters. The van der Waals surface area contributed by atoms with Crippen LogP contribution in [0.3, 0.4) is 0 Å². The van der Waals surface area contributed by atoms with Crippen molar-refractivity contribution < 1.29 is 23.7 Å². The summed E-state index contributed by atoms with van der Waals surface area (Å²) in [5.41, 5.74) is 1.53. The average molecular weight is 400 g/mol. The van der Waals surface area contributed by atoms with Crippen LogP contribution in [0.5, 0.6) is 23.3 Å². The highest BCUT2D eigenvalue weighted by Gasteiger charge is 2.29. The number of methoxy groups -OCH3 is 4. The number of nitrogens with one attached hydrogen (secondary N) is 1. The van der Waals surface area contributed by atoms with Gasteiger partial charge < -0.3 is 24.3 Å². The van der Waals surface area contributed by atoms with Gasteiger partial charge in [-0.05, 0) is 36.6 Å². The zero-order chi connectivity index (χ0) is 20.8. The van der Waals surface area contributed by atoms with Crippen molar-refractivity contribution in [3.63, 3.8) is 0 Å². The van der Waals surface area contributed by atoms with Crippen LogP contribution >= 0.6 is 0 Å². The van der Waals surface area contributed by atoms with Gasteiger partial charge in [-0.1, -0.05) is 18.9 Å². The van der Waals surface area contributed by atoms with Crippen molar-refractivity contribution in [2.45, 2.75) is 37.6 Å². The summed E-state index contributed by atoms with van der Waals surface area (Å²) in [6, 6.07) is 9.31. The number of rotatable bonds is 7. The van der Waals surface area contributed by atoms with E-state index in [-0.39, 0.29) is 23.7 Å². The van der Waals surface area contributed by atoms with E-state index in [1.165, 1.54) is 14.2 Å². The van der Waals surface area contributed by atoms with Gasteiger partial charge in [0.05, 0.1) is 28.4 Å². The minimum atomic E-state index is -0.200. The van der Waals surface area contributed by atoms with Gasteiger partial charge in [-0.2, -0.15) is 4.98 Å². The van der Waals surface area contributed by atoms with Gasteiger partial charge in [-0.3, -0.25) is 4.79 Å². The lowest BCUT2D eigenvalue weighted by molar-refractivity contribution is 0.0916. The fourth-order valence-electron chi connectivity index (χ4n) is 3.90. The molecule has 0 radical (unpaired) electrons. The Morgan fingerprint density at radius 2 is 1.69 bits per heavy atom. The Hall–Kier alpha value is -2.96. The summed E-state index contributed by atoms with van der Waals surface area (Å²) in [6.45, 7) is 0. The van der Waals surface area contributed by atoms with Crippen molar-refractivity contribution in [2.24, 2.45) is 0 Å². The number of carbonyl (C=O) groups is 1. The van der Waals surface area contributed by atoms with Crippen LogP contribution in [0, 0.1) is 0 Å². The lowest BCUT2D eigenvalue weighted by atomic mass is 9.79. The van der Waals surface area contributed by atoms with E-state index in [4.69, 9.17) is 18.9 Å². The van der Waals surface area contributed by atoms with Crippen LogP contribution in [0.1, 0.15) is 47.5 Å².